The van der Waals surface area contributed by atoms with Gasteiger partial charge in [-0.25, -0.2) is 12.8 Å². The SMILES string of the molecule is Cc1ccc(CNC(=O)C2=CN3CCS(=O)(=O)N=C3C=C2)cc1F. The Labute approximate surface area is 139 Å². The first-order valence-electron chi connectivity index (χ1n) is 7.36. The molecule has 0 aliphatic carbocycles. The minimum Gasteiger partial charge on any atom is -0.348 e. The van der Waals surface area contributed by atoms with Gasteiger partial charge in [0, 0.05) is 19.3 Å². The van der Waals surface area contributed by atoms with E-state index in [9.17, 15) is 17.6 Å². The van der Waals surface area contributed by atoms with Gasteiger partial charge in [0.15, 0.2) is 0 Å². The van der Waals surface area contributed by atoms with E-state index >= 15 is 0 Å². The summed E-state index contributed by atoms with van der Waals surface area (Å²) in [6.07, 6.45) is 4.58. The summed E-state index contributed by atoms with van der Waals surface area (Å²) in [5.74, 6) is -0.412. The summed E-state index contributed by atoms with van der Waals surface area (Å²) in [7, 11) is -3.42. The van der Waals surface area contributed by atoms with Crippen molar-refractivity contribution in [2.45, 2.75) is 13.5 Å². The number of halogens is 1. The van der Waals surface area contributed by atoms with Crippen molar-refractivity contribution < 1.29 is 17.6 Å². The molecule has 0 aromatic heterocycles. The molecule has 0 radical (unpaired) electrons. The Balaban J connectivity index is 1.67. The molecule has 126 valence electrons. The van der Waals surface area contributed by atoms with Gasteiger partial charge in [-0.1, -0.05) is 12.1 Å². The van der Waals surface area contributed by atoms with E-state index in [1.54, 1.807) is 30.2 Å². The predicted molar refractivity (Wildman–Crippen MR) is 88.1 cm³/mol. The molecule has 0 saturated carbocycles. The fourth-order valence-corrected chi connectivity index (χ4v) is 3.34. The maximum atomic E-state index is 13.5. The third-order valence-corrected chi connectivity index (χ3v) is 4.94. The average molecular weight is 349 g/mol. The lowest BCUT2D eigenvalue weighted by atomic mass is 10.1. The third-order valence-electron chi connectivity index (χ3n) is 3.78. The van der Waals surface area contributed by atoms with Crippen LogP contribution in [0.3, 0.4) is 0 Å². The summed E-state index contributed by atoms with van der Waals surface area (Å²) in [5, 5.41) is 2.72. The van der Waals surface area contributed by atoms with Crippen molar-refractivity contribution in [2.75, 3.05) is 12.3 Å². The zero-order chi connectivity index (χ0) is 17.3. The van der Waals surface area contributed by atoms with Crippen LogP contribution in [0.4, 0.5) is 4.39 Å². The van der Waals surface area contributed by atoms with Crippen LogP contribution >= 0.6 is 0 Å². The molecule has 0 saturated heterocycles. The molecule has 0 fully saturated rings. The molecular weight excluding hydrogens is 333 g/mol. The molecule has 1 N–H and O–H groups in total. The van der Waals surface area contributed by atoms with E-state index in [4.69, 9.17) is 0 Å². The van der Waals surface area contributed by atoms with E-state index in [2.05, 4.69) is 9.71 Å². The van der Waals surface area contributed by atoms with E-state index in [0.717, 1.165) is 0 Å². The summed E-state index contributed by atoms with van der Waals surface area (Å²) in [6.45, 7) is 2.13. The van der Waals surface area contributed by atoms with Crippen molar-refractivity contribution in [3.8, 4) is 0 Å². The number of carbonyl (C=O) groups excluding carboxylic acids is 1. The zero-order valence-corrected chi connectivity index (χ0v) is 13.8. The molecule has 0 unspecified atom stereocenters. The van der Waals surface area contributed by atoms with Gasteiger partial charge in [-0.3, -0.25) is 4.79 Å². The molecule has 8 heteroatoms. The minimum absolute atomic E-state index is 0.0849. The van der Waals surface area contributed by atoms with Crippen LogP contribution in [-0.4, -0.2) is 37.4 Å². The Morgan fingerprint density at radius 1 is 1.38 bits per heavy atom. The maximum absolute atomic E-state index is 13.5. The number of benzene rings is 1. The second-order valence-electron chi connectivity index (χ2n) is 5.61. The van der Waals surface area contributed by atoms with Gasteiger partial charge in [-0.05, 0) is 36.3 Å². The third kappa shape index (κ3) is 3.53. The summed E-state index contributed by atoms with van der Waals surface area (Å²) in [5.41, 5.74) is 1.61. The standard InChI is InChI=1S/C16H16FN3O3S/c1-11-2-3-12(8-14(11)17)9-18-16(21)13-4-5-15-19-24(22,23)7-6-20(15)10-13/h2-5,8,10H,6-7,9H2,1H3,(H,18,21). The fraction of sp³-hybridized carbons (Fsp3) is 0.250. The van der Waals surface area contributed by atoms with Crippen molar-refractivity contribution in [3.63, 3.8) is 0 Å². The topological polar surface area (TPSA) is 78.8 Å². The monoisotopic (exact) mass is 349 g/mol. The van der Waals surface area contributed by atoms with Gasteiger partial charge in [0.05, 0.1) is 11.3 Å². The Hall–Kier alpha value is -2.48. The highest BCUT2D eigenvalue weighted by molar-refractivity contribution is 7.90. The zero-order valence-electron chi connectivity index (χ0n) is 13.0. The molecule has 1 amide bonds. The smallest absolute Gasteiger partial charge is 0.256 e. The van der Waals surface area contributed by atoms with Crippen LogP contribution in [-0.2, 0) is 21.4 Å². The van der Waals surface area contributed by atoms with Crippen molar-refractivity contribution in [1.29, 1.82) is 0 Å². The molecule has 1 aromatic carbocycles. The van der Waals surface area contributed by atoms with Gasteiger partial charge >= 0.3 is 0 Å². The van der Waals surface area contributed by atoms with Crippen molar-refractivity contribution in [3.05, 3.63) is 59.1 Å². The number of amidine groups is 1. The number of amides is 1. The average Bonchev–Trinajstić information content (AvgIpc) is 2.54. The van der Waals surface area contributed by atoms with E-state index in [1.807, 2.05) is 0 Å². The van der Waals surface area contributed by atoms with E-state index in [1.165, 1.54) is 18.2 Å². The first-order chi connectivity index (χ1) is 11.3. The van der Waals surface area contributed by atoms with E-state index < -0.39 is 10.0 Å². The molecule has 0 atom stereocenters. The highest BCUT2D eigenvalue weighted by Gasteiger charge is 2.24. The summed E-state index contributed by atoms with van der Waals surface area (Å²) < 4.78 is 40.1. The van der Waals surface area contributed by atoms with Crippen molar-refractivity contribution in [1.82, 2.24) is 10.2 Å². The summed E-state index contributed by atoms with van der Waals surface area (Å²) >= 11 is 0. The Morgan fingerprint density at radius 3 is 2.92 bits per heavy atom. The number of nitrogens with zero attached hydrogens (tertiary/aromatic N) is 2. The van der Waals surface area contributed by atoms with Crippen LogP contribution in [0.2, 0.25) is 0 Å². The first-order valence-corrected chi connectivity index (χ1v) is 8.97. The highest BCUT2D eigenvalue weighted by Crippen LogP contribution is 2.16. The predicted octanol–water partition coefficient (Wildman–Crippen LogP) is 1.25. The van der Waals surface area contributed by atoms with Gasteiger partial charge in [0.1, 0.15) is 11.7 Å². The van der Waals surface area contributed by atoms with Gasteiger partial charge in [0.2, 0.25) is 0 Å². The number of hydrogen-bond donors (Lipinski definition) is 1. The quantitative estimate of drug-likeness (QED) is 0.891. The first kappa shape index (κ1) is 16.4. The molecule has 0 bridgehead atoms. The molecule has 2 aliphatic rings. The molecule has 3 rings (SSSR count). The van der Waals surface area contributed by atoms with E-state index in [0.29, 0.717) is 22.5 Å². The van der Waals surface area contributed by atoms with Crippen LogP contribution in [0.25, 0.3) is 0 Å². The maximum Gasteiger partial charge on any atom is 0.256 e. The molecular formula is C16H16FN3O3S. The number of fused-ring (bicyclic) bond motifs is 1. The number of carbonyl (C=O) groups is 1. The number of aryl methyl sites for hydroxylation is 1. The number of sulfonamides is 1. The number of nitrogens with one attached hydrogen (secondary N) is 1. The summed E-state index contributed by atoms with van der Waals surface area (Å²) in [6, 6.07) is 4.80. The summed E-state index contributed by atoms with van der Waals surface area (Å²) in [4.78, 5) is 13.8. The van der Waals surface area contributed by atoms with Gasteiger partial charge < -0.3 is 10.2 Å². The van der Waals surface area contributed by atoms with Crippen LogP contribution in [0.1, 0.15) is 11.1 Å². The molecule has 1 aromatic rings. The largest absolute Gasteiger partial charge is 0.348 e. The van der Waals surface area contributed by atoms with Crippen molar-refractivity contribution >= 4 is 21.8 Å². The van der Waals surface area contributed by atoms with Gasteiger partial charge in [-0.2, -0.15) is 0 Å². The lowest BCUT2D eigenvalue weighted by Crippen LogP contribution is -2.38. The number of hydrogen-bond acceptors (Lipinski definition) is 4. The second kappa shape index (κ2) is 6.20. The van der Waals surface area contributed by atoms with Crippen molar-refractivity contribution in [2.24, 2.45) is 4.40 Å². The second-order valence-corrected chi connectivity index (χ2v) is 7.37. The lowest BCUT2D eigenvalue weighted by molar-refractivity contribution is -0.117. The molecule has 0 spiro atoms. The van der Waals surface area contributed by atoms with Crippen LogP contribution < -0.4 is 5.32 Å². The Kier molecular flexibility index (Phi) is 4.23. The fourth-order valence-electron chi connectivity index (χ4n) is 2.37. The Bertz CT molecular complexity index is 888. The lowest BCUT2D eigenvalue weighted by Gasteiger charge is -2.26. The van der Waals surface area contributed by atoms with Crippen LogP contribution in [0.15, 0.2) is 46.5 Å². The van der Waals surface area contributed by atoms with Crippen LogP contribution in [0.5, 0.6) is 0 Å². The number of rotatable bonds is 3. The van der Waals surface area contributed by atoms with E-state index in [-0.39, 0.29) is 30.6 Å². The van der Waals surface area contributed by atoms with Crippen LogP contribution in [0, 0.1) is 12.7 Å². The molecule has 2 aliphatic heterocycles. The molecule has 6 nitrogen and oxygen atoms in total. The van der Waals surface area contributed by atoms with Gasteiger partial charge in [-0.15, -0.1) is 4.40 Å². The Morgan fingerprint density at radius 2 is 2.17 bits per heavy atom. The minimum atomic E-state index is -3.42. The highest BCUT2D eigenvalue weighted by atomic mass is 32.2. The molecule has 24 heavy (non-hydrogen) atoms. The normalized spacial score (nSPS) is 18.5. The van der Waals surface area contributed by atoms with Gasteiger partial charge in [0.25, 0.3) is 15.9 Å². The molecule has 2 heterocycles.